The molecule has 5 rings (SSSR count). The summed E-state index contributed by atoms with van der Waals surface area (Å²) in [7, 11) is -1.63. The lowest BCUT2D eigenvalue weighted by Crippen LogP contribution is -2.48. The number of carbonyl (C=O) groups excluding carboxylic acids is 1. The Labute approximate surface area is 235 Å². The van der Waals surface area contributed by atoms with Gasteiger partial charge < -0.3 is 9.80 Å². The van der Waals surface area contributed by atoms with Gasteiger partial charge in [0.15, 0.2) is 9.84 Å². The normalized spacial score (nSPS) is 22.2. The first-order valence-electron chi connectivity index (χ1n) is 12.4. The molecule has 0 aliphatic carbocycles. The number of nitrogens with zero attached hydrogens (tertiary/aromatic N) is 5. The summed E-state index contributed by atoms with van der Waals surface area (Å²) in [5, 5.41) is 9.73. The zero-order valence-corrected chi connectivity index (χ0v) is 23.8. The van der Waals surface area contributed by atoms with Gasteiger partial charge >= 0.3 is 0 Å². The number of amides is 1. The van der Waals surface area contributed by atoms with Crippen molar-refractivity contribution < 1.29 is 17.6 Å². The van der Waals surface area contributed by atoms with Gasteiger partial charge in [-0.25, -0.2) is 12.8 Å². The molecule has 0 radical (unpaired) electrons. The van der Waals surface area contributed by atoms with Crippen LogP contribution in [0.15, 0.2) is 34.0 Å². The molecule has 1 unspecified atom stereocenters. The molecule has 1 atom stereocenters. The van der Waals surface area contributed by atoms with Crippen LogP contribution >= 0.6 is 24.0 Å². The number of rotatable bonds is 4. The highest BCUT2D eigenvalue weighted by Gasteiger charge is 2.42. The Morgan fingerprint density at radius 3 is 2.44 bits per heavy atom. The molecule has 4 heterocycles. The fourth-order valence-corrected chi connectivity index (χ4v) is 8.45. The second kappa shape index (κ2) is 10.4. The van der Waals surface area contributed by atoms with E-state index in [4.69, 9.17) is 12.2 Å². The van der Waals surface area contributed by atoms with Crippen LogP contribution in [0, 0.1) is 24.1 Å². The summed E-state index contributed by atoms with van der Waals surface area (Å²) in [6.07, 6.45) is 1.98. The lowest BCUT2D eigenvalue weighted by Gasteiger charge is -2.38. The molecule has 13 heteroatoms. The van der Waals surface area contributed by atoms with E-state index in [1.165, 1.54) is 15.5 Å². The average molecular weight is 588 g/mol. The van der Waals surface area contributed by atoms with Gasteiger partial charge in [-0.05, 0) is 37.1 Å². The number of para-hydroxylation sites is 1. The average Bonchev–Trinajstić information content (AvgIpc) is 3.40. The van der Waals surface area contributed by atoms with Crippen LogP contribution in [0.1, 0.15) is 23.1 Å². The third-order valence-corrected chi connectivity index (χ3v) is 10.5. The first-order chi connectivity index (χ1) is 18.5. The van der Waals surface area contributed by atoms with Crippen LogP contribution in [-0.2, 0) is 21.7 Å². The molecule has 1 aromatic carbocycles. The summed E-state index contributed by atoms with van der Waals surface area (Å²) in [4.78, 5) is 32.1. The molecule has 3 aliphatic heterocycles. The van der Waals surface area contributed by atoms with Gasteiger partial charge in [0.2, 0.25) is 0 Å². The summed E-state index contributed by atoms with van der Waals surface area (Å²) < 4.78 is 40.1. The van der Waals surface area contributed by atoms with E-state index < -0.39 is 21.4 Å². The van der Waals surface area contributed by atoms with Gasteiger partial charge in [0.05, 0.1) is 28.1 Å². The number of sulfone groups is 1. The topological polar surface area (TPSA) is 107 Å². The number of nitriles is 1. The van der Waals surface area contributed by atoms with Crippen molar-refractivity contribution in [2.24, 2.45) is 7.05 Å². The molecule has 39 heavy (non-hydrogen) atoms. The molecule has 3 aliphatic rings. The van der Waals surface area contributed by atoms with Crippen molar-refractivity contribution in [2.75, 3.05) is 47.5 Å². The smallest absolute Gasteiger partial charge is 0.270 e. The predicted octanol–water partition coefficient (Wildman–Crippen LogP) is 2.42. The van der Waals surface area contributed by atoms with E-state index in [2.05, 4.69) is 0 Å². The Morgan fingerprint density at radius 1 is 1.15 bits per heavy atom. The molecular formula is C26H26FN5O4S3. The summed E-state index contributed by atoms with van der Waals surface area (Å²) in [6, 6.07) is 8.07. The SMILES string of the molecule is Cc1c(C=C2SC(=S)N(C3CCS(=O)(=O)C3)C2=O)c(N2CCN(c3ccccc3F)CC2)n(C)c(=O)c1C#N. The maximum Gasteiger partial charge on any atom is 0.270 e. The van der Waals surface area contributed by atoms with E-state index >= 15 is 0 Å². The van der Waals surface area contributed by atoms with Crippen molar-refractivity contribution in [3.8, 4) is 6.07 Å². The van der Waals surface area contributed by atoms with Crippen molar-refractivity contribution >= 4 is 61.6 Å². The van der Waals surface area contributed by atoms with Crippen LogP contribution in [0.2, 0.25) is 0 Å². The molecule has 0 saturated carbocycles. The number of hydrogen-bond donors (Lipinski definition) is 0. The van der Waals surface area contributed by atoms with Gasteiger partial charge in [0, 0.05) is 38.8 Å². The Morgan fingerprint density at radius 2 is 1.82 bits per heavy atom. The van der Waals surface area contributed by atoms with Crippen LogP contribution in [0.4, 0.5) is 15.9 Å². The highest BCUT2D eigenvalue weighted by molar-refractivity contribution is 8.26. The van der Waals surface area contributed by atoms with Crippen LogP contribution < -0.4 is 15.4 Å². The van der Waals surface area contributed by atoms with E-state index in [1.54, 1.807) is 38.2 Å². The van der Waals surface area contributed by atoms with Crippen molar-refractivity contribution in [1.29, 1.82) is 5.26 Å². The summed E-state index contributed by atoms with van der Waals surface area (Å²) in [5.41, 5.74) is 1.05. The number of thioether (sulfide) groups is 1. The zero-order valence-electron chi connectivity index (χ0n) is 21.4. The van der Waals surface area contributed by atoms with Crippen molar-refractivity contribution in [3.05, 3.63) is 62.0 Å². The molecule has 0 bridgehead atoms. The number of anilines is 2. The van der Waals surface area contributed by atoms with Gasteiger partial charge in [-0.3, -0.25) is 19.1 Å². The number of halogens is 1. The number of benzene rings is 1. The van der Waals surface area contributed by atoms with Crippen molar-refractivity contribution in [1.82, 2.24) is 9.47 Å². The standard InChI is InChI=1S/C26H26FN5O4S3/c1-16-18(13-22-25(34)32(26(37)38-22)17-7-12-39(35,36)15-17)23(29(2)24(33)19(16)14-28)31-10-8-30(9-11-31)21-6-4-3-5-20(21)27/h3-6,13,17H,7-12,15H2,1-2H3. The number of thiocarbonyl (C=S) groups is 1. The van der Waals surface area contributed by atoms with Crippen molar-refractivity contribution in [3.63, 3.8) is 0 Å². The minimum atomic E-state index is -3.22. The number of piperazine rings is 1. The first kappa shape index (κ1) is 27.4. The van der Waals surface area contributed by atoms with Gasteiger partial charge in [0.1, 0.15) is 27.6 Å². The molecule has 1 aromatic heterocycles. The van der Waals surface area contributed by atoms with Gasteiger partial charge in [0.25, 0.3) is 11.5 Å². The van der Waals surface area contributed by atoms with Crippen LogP contribution in [-0.4, -0.2) is 71.8 Å². The molecule has 0 N–H and O–H groups in total. The number of carbonyl (C=O) groups is 1. The molecule has 2 aromatic rings. The quantitative estimate of drug-likeness (QED) is 0.394. The Kier molecular flexibility index (Phi) is 7.30. The molecule has 1 amide bonds. The van der Waals surface area contributed by atoms with Crippen LogP contribution in [0.25, 0.3) is 6.08 Å². The maximum absolute atomic E-state index is 14.4. The van der Waals surface area contributed by atoms with Crippen LogP contribution in [0.3, 0.4) is 0 Å². The van der Waals surface area contributed by atoms with Gasteiger partial charge in [-0.1, -0.05) is 36.1 Å². The maximum atomic E-state index is 14.4. The van der Waals surface area contributed by atoms with Crippen molar-refractivity contribution in [2.45, 2.75) is 19.4 Å². The highest BCUT2D eigenvalue weighted by atomic mass is 32.2. The fourth-order valence-electron chi connectivity index (χ4n) is 5.37. The third kappa shape index (κ3) is 4.97. The molecule has 0 spiro atoms. The summed E-state index contributed by atoms with van der Waals surface area (Å²) in [5.74, 6) is -0.234. The number of pyridine rings is 1. The Balaban J connectivity index is 1.51. The summed E-state index contributed by atoms with van der Waals surface area (Å²) in [6.45, 7) is 3.65. The summed E-state index contributed by atoms with van der Waals surface area (Å²) >= 11 is 6.54. The second-order valence-corrected chi connectivity index (χ2v) is 13.7. The Bertz CT molecular complexity index is 1620. The Hall–Kier alpha value is -3.21. The molecule has 204 valence electrons. The van der Waals surface area contributed by atoms with E-state index in [1.807, 2.05) is 15.9 Å². The van der Waals surface area contributed by atoms with E-state index in [0.717, 1.165) is 11.8 Å². The second-order valence-electron chi connectivity index (χ2n) is 9.75. The monoisotopic (exact) mass is 587 g/mol. The van der Waals surface area contributed by atoms with Gasteiger partial charge in [-0.15, -0.1) is 0 Å². The lowest BCUT2D eigenvalue weighted by atomic mass is 10.0. The largest absolute Gasteiger partial charge is 0.366 e. The molecule has 3 saturated heterocycles. The predicted molar refractivity (Wildman–Crippen MR) is 154 cm³/mol. The minimum absolute atomic E-state index is 0.0161. The fraction of sp³-hybridized carbons (Fsp3) is 0.385. The minimum Gasteiger partial charge on any atom is -0.366 e. The molecule has 3 fully saturated rings. The number of hydrogen-bond acceptors (Lipinski definition) is 9. The number of aromatic nitrogens is 1. The van der Waals surface area contributed by atoms with Crippen LogP contribution in [0.5, 0.6) is 0 Å². The third-order valence-electron chi connectivity index (χ3n) is 7.41. The van der Waals surface area contributed by atoms with E-state index in [0.29, 0.717) is 60.1 Å². The van der Waals surface area contributed by atoms with E-state index in [-0.39, 0.29) is 33.1 Å². The lowest BCUT2D eigenvalue weighted by molar-refractivity contribution is -0.123. The zero-order chi connectivity index (χ0) is 28.1. The highest BCUT2D eigenvalue weighted by Crippen LogP contribution is 2.38. The van der Waals surface area contributed by atoms with E-state index in [9.17, 15) is 27.7 Å². The molecular weight excluding hydrogens is 562 g/mol. The van der Waals surface area contributed by atoms with Gasteiger partial charge in [-0.2, -0.15) is 5.26 Å². The first-order valence-corrected chi connectivity index (χ1v) is 15.4. The molecule has 9 nitrogen and oxygen atoms in total.